The van der Waals surface area contributed by atoms with Gasteiger partial charge in [-0.2, -0.15) is 5.10 Å². The lowest BCUT2D eigenvalue weighted by Gasteiger charge is -2.28. The minimum absolute atomic E-state index is 0.0150. The summed E-state index contributed by atoms with van der Waals surface area (Å²) in [5.41, 5.74) is 4.85. The first-order valence-electron chi connectivity index (χ1n) is 13.8. The number of hydrogen-bond donors (Lipinski definition) is 3. The van der Waals surface area contributed by atoms with Gasteiger partial charge in [0.05, 0.1) is 40.9 Å². The highest BCUT2D eigenvalue weighted by atomic mass is 79.9. The number of urea groups is 1. The molecule has 1 aliphatic heterocycles. The lowest BCUT2D eigenvalue weighted by molar-refractivity contribution is -0.384. The summed E-state index contributed by atoms with van der Waals surface area (Å²) in [4.78, 5) is 47.7. The molecule has 0 bridgehead atoms. The number of esters is 1. The van der Waals surface area contributed by atoms with Gasteiger partial charge in [0.2, 0.25) is 0 Å². The molecule has 0 unspecified atom stereocenters. The van der Waals surface area contributed by atoms with E-state index >= 15 is 0 Å². The molecule has 0 radical (unpaired) electrons. The number of non-ortho nitro benzene ring substituents is 1. The summed E-state index contributed by atoms with van der Waals surface area (Å²) in [6.45, 7) is 3.23. The summed E-state index contributed by atoms with van der Waals surface area (Å²) in [5.74, 6) is -0.0449. The van der Waals surface area contributed by atoms with Crippen LogP contribution in [-0.2, 0) is 20.9 Å². The fraction of sp³-hybridized carbons (Fsp3) is 0.226. The maximum Gasteiger partial charge on any atom is 0.338 e. The second kappa shape index (κ2) is 15.5. The number of ether oxygens (including phenoxy) is 4. The highest BCUT2D eigenvalue weighted by Gasteiger charge is 2.32. The summed E-state index contributed by atoms with van der Waals surface area (Å²) in [7, 11) is 1.42. The van der Waals surface area contributed by atoms with Crippen molar-refractivity contribution in [3.8, 4) is 17.2 Å². The molecule has 0 spiro atoms. The van der Waals surface area contributed by atoms with Crippen molar-refractivity contribution in [3.05, 3.63) is 103 Å². The Morgan fingerprint density at radius 1 is 1.09 bits per heavy atom. The predicted octanol–water partition coefficient (Wildman–Crippen LogP) is 4.67. The Balaban J connectivity index is 1.33. The van der Waals surface area contributed by atoms with Crippen LogP contribution >= 0.6 is 15.9 Å². The molecule has 15 heteroatoms. The van der Waals surface area contributed by atoms with E-state index in [0.717, 1.165) is 0 Å². The van der Waals surface area contributed by atoms with Crippen LogP contribution in [-0.4, -0.2) is 49.4 Å². The predicted molar refractivity (Wildman–Crippen MR) is 170 cm³/mol. The first kappa shape index (κ1) is 33.5. The fourth-order valence-electron chi connectivity index (χ4n) is 4.40. The molecule has 0 saturated heterocycles. The Kier molecular flexibility index (Phi) is 11.3. The maximum absolute atomic E-state index is 12.6. The number of methoxy groups -OCH3 is 1. The molecule has 4 rings (SSSR count). The third kappa shape index (κ3) is 8.59. The number of hydrogen-bond acceptors (Lipinski definition) is 10. The molecule has 3 aromatic carbocycles. The smallest absolute Gasteiger partial charge is 0.338 e. The molecule has 1 aliphatic rings. The van der Waals surface area contributed by atoms with Gasteiger partial charge >= 0.3 is 12.0 Å². The van der Waals surface area contributed by atoms with Gasteiger partial charge in [-0.3, -0.25) is 14.9 Å². The molecule has 240 valence electrons. The van der Waals surface area contributed by atoms with Gasteiger partial charge in [0.25, 0.3) is 11.6 Å². The van der Waals surface area contributed by atoms with Gasteiger partial charge in [-0.25, -0.2) is 15.0 Å². The third-order valence-corrected chi connectivity index (χ3v) is 7.14. The van der Waals surface area contributed by atoms with E-state index in [-0.39, 0.29) is 42.6 Å². The Morgan fingerprint density at radius 3 is 2.59 bits per heavy atom. The quantitative estimate of drug-likeness (QED) is 0.0992. The number of nitrogens with one attached hydrogen (secondary N) is 3. The zero-order chi connectivity index (χ0) is 33.2. The van der Waals surface area contributed by atoms with Crippen LogP contribution in [0.5, 0.6) is 17.2 Å². The number of benzene rings is 3. The highest BCUT2D eigenvalue weighted by molar-refractivity contribution is 9.10. The maximum atomic E-state index is 12.6. The van der Waals surface area contributed by atoms with E-state index in [4.69, 9.17) is 18.9 Å². The molecule has 0 aromatic heterocycles. The van der Waals surface area contributed by atoms with Crippen LogP contribution in [0.15, 0.2) is 81.5 Å². The molecule has 0 fully saturated rings. The molecular weight excluding hydrogens is 666 g/mol. The number of rotatable bonds is 13. The fourth-order valence-corrected chi connectivity index (χ4v) is 4.91. The minimum Gasteiger partial charge on any atom is -0.493 e. The van der Waals surface area contributed by atoms with E-state index in [9.17, 15) is 24.5 Å². The van der Waals surface area contributed by atoms with Crippen molar-refractivity contribution >= 4 is 45.7 Å². The lowest BCUT2D eigenvalue weighted by Crippen LogP contribution is -2.45. The molecule has 46 heavy (non-hydrogen) atoms. The van der Waals surface area contributed by atoms with Gasteiger partial charge in [-0.05, 0) is 76.8 Å². The Bertz CT molecular complexity index is 1710. The molecule has 3 amide bonds. The number of hydrazone groups is 1. The van der Waals surface area contributed by atoms with Crippen molar-refractivity contribution in [2.24, 2.45) is 5.10 Å². The van der Waals surface area contributed by atoms with E-state index in [1.165, 1.54) is 25.5 Å². The van der Waals surface area contributed by atoms with E-state index in [2.05, 4.69) is 37.1 Å². The second-order valence-electron chi connectivity index (χ2n) is 9.69. The summed E-state index contributed by atoms with van der Waals surface area (Å²) in [6.07, 6.45) is 1.44. The van der Waals surface area contributed by atoms with Gasteiger partial charge in [-0.15, -0.1) is 0 Å². The number of nitro benzene ring substituents is 1. The topological polar surface area (TPSA) is 180 Å². The van der Waals surface area contributed by atoms with Crippen LogP contribution in [0.2, 0.25) is 0 Å². The van der Waals surface area contributed by atoms with Crippen molar-refractivity contribution in [2.45, 2.75) is 26.5 Å². The zero-order valence-electron chi connectivity index (χ0n) is 25.0. The largest absolute Gasteiger partial charge is 0.493 e. The van der Waals surface area contributed by atoms with Crippen LogP contribution in [0.25, 0.3) is 0 Å². The van der Waals surface area contributed by atoms with Gasteiger partial charge in [0, 0.05) is 17.8 Å². The van der Waals surface area contributed by atoms with Crippen molar-refractivity contribution in [2.75, 3.05) is 20.3 Å². The first-order chi connectivity index (χ1) is 22.1. The van der Waals surface area contributed by atoms with Gasteiger partial charge in [0.15, 0.2) is 18.1 Å². The number of nitrogens with zero attached hydrogens (tertiary/aromatic N) is 2. The van der Waals surface area contributed by atoms with E-state index in [1.807, 2.05) is 0 Å². The monoisotopic (exact) mass is 695 g/mol. The van der Waals surface area contributed by atoms with Gasteiger partial charge in [-0.1, -0.05) is 18.2 Å². The van der Waals surface area contributed by atoms with Crippen LogP contribution in [0.3, 0.4) is 0 Å². The first-order valence-corrected chi connectivity index (χ1v) is 14.6. The number of amides is 3. The van der Waals surface area contributed by atoms with Crippen molar-refractivity contribution in [3.63, 3.8) is 0 Å². The van der Waals surface area contributed by atoms with Crippen LogP contribution in [0.1, 0.15) is 36.6 Å². The van der Waals surface area contributed by atoms with Crippen molar-refractivity contribution in [1.29, 1.82) is 0 Å². The molecule has 1 heterocycles. The number of carbonyl (C=O) groups is 3. The normalized spacial score (nSPS) is 14.3. The SMILES string of the molecule is CCOC(=O)C1=C(C)NC(=O)N[C@H]1c1ccc(OCC(=O)N/N=C\c2ccc(OCc3cccc([N+](=O)[O-])c3)c(Br)c2)c(OC)c1. The molecule has 0 saturated carbocycles. The van der Waals surface area contributed by atoms with E-state index < -0.39 is 28.9 Å². The average molecular weight is 697 g/mol. The third-order valence-electron chi connectivity index (χ3n) is 6.52. The van der Waals surface area contributed by atoms with Gasteiger partial charge < -0.3 is 29.6 Å². The number of carbonyl (C=O) groups excluding carboxylic acids is 3. The molecule has 1 atom stereocenters. The van der Waals surface area contributed by atoms with Crippen molar-refractivity contribution in [1.82, 2.24) is 16.1 Å². The zero-order valence-corrected chi connectivity index (χ0v) is 26.6. The van der Waals surface area contributed by atoms with Crippen LogP contribution in [0, 0.1) is 10.1 Å². The number of halogens is 1. The minimum atomic E-state index is -0.790. The van der Waals surface area contributed by atoms with Crippen LogP contribution in [0.4, 0.5) is 10.5 Å². The van der Waals surface area contributed by atoms with E-state index in [0.29, 0.717) is 32.6 Å². The van der Waals surface area contributed by atoms with Crippen molar-refractivity contribution < 1.29 is 38.3 Å². The molecular formula is C31H30BrN5O9. The summed E-state index contributed by atoms with van der Waals surface area (Å²) in [6, 6.07) is 14.9. The van der Waals surface area contributed by atoms with Gasteiger partial charge in [0.1, 0.15) is 12.4 Å². The Morgan fingerprint density at radius 2 is 1.87 bits per heavy atom. The molecule has 3 aromatic rings. The Labute approximate surface area is 272 Å². The second-order valence-corrected chi connectivity index (χ2v) is 10.5. The highest BCUT2D eigenvalue weighted by Crippen LogP contribution is 2.34. The molecule has 3 N–H and O–H groups in total. The molecule has 14 nitrogen and oxygen atoms in total. The summed E-state index contributed by atoms with van der Waals surface area (Å²) < 4.78 is 22.6. The molecule has 0 aliphatic carbocycles. The summed E-state index contributed by atoms with van der Waals surface area (Å²) in [5, 5.41) is 20.2. The van der Waals surface area contributed by atoms with E-state index in [1.54, 1.807) is 62.4 Å². The average Bonchev–Trinajstić information content (AvgIpc) is 3.03. The summed E-state index contributed by atoms with van der Waals surface area (Å²) >= 11 is 3.43. The number of nitro groups is 1. The lowest BCUT2D eigenvalue weighted by atomic mass is 9.95. The number of allylic oxidation sites excluding steroid dienone is 1. The Hall–Kier alpha value is -5.44. The standard InChI is InChI=1S/C31H30BrN5O9/c1-4-44-30(39)28-18(2)34-31(40)35-29(28)21-9-11-25(26(14-21)43-3)46-17-27(38)36-33-15-19-8-10-24(23(32)13-19)45-16-20-6-5-7-22(12-20)37(41)42/h5-15,29H,4,16-17H2,1-3H3,(H,36,38)(H2,34,35,40)/b33-15-/t29-/m0/s1. The van der Waals surface area contributed by atoms with Crippen LogP contribution < -0.4 is 30.3 Å².